The molecular formula is C8H13Cl2Zr. The number of hydrogen-bond acceptors (Lipinski definition) is 0. The zero-order valence-electron chi connectivity index (χ0n) is 6.76. The molecule has 0 amide bonds. The van der Waals surface area contributed by atoms with Gasteiger partial charge in [0.25, 0.3) is 0 Å². The fraction of sp³-hybridized carbons (Fsp3) is 0.500. The van der Waals surface area contributed by atoms with E-state index in [0.29, 0.717) is 0 Å². The third kappa shape index (κ3) is 4.50. The van der Waals surface area contributed by atoms with Gasteiger partial charge < -0.3 is 0 Å². The first-order valence-electron chi connectivity index (χ1n) is 3.32. The van der Waals surface area contributed by atoms with Gasteiger partial charge in [0.15, 0.2) is 0 Å². The van der Waals surface area contributed by atoms with Crippen molar-refractivity contribution in [2.45, 2.75) is 20.3 Å². The summed E-state index contributed by atoms with van der Waals surface area (Å²) in [5.41, 5.74) is 1.53. The average molecular weight is 271 g/mol. The zero-order valence-corrected chi connectivity index (χ0v) is 10.8. The molecule has 0 aliphatic heterocycles. The number of rotatable bonds is 1. The molecule has 0 aromatic carbocycles. The van der Waals surface area contributed by atoms with Crippen LogP contribution in [0.4, 0.5) is 0 Å². The van der Waals surface area contributed by atoms with Crippen LogP contribution in [-0.2, 0) is 24.7 Å². The predicted molar refractivity (Wildman–Crippen MR) is 50.1 cm³/mol. The van der Waals surface area contributed by atoms with Crippen LogP contribution in [0.25, 0.3) is 0 Å². The minimum atomic E-state index is 0. The minimum Gasteiger partial charge on any atom is -0.147 e. The Hall–Kier alpha value is 0.943. The van der Waals surface area contributed by atoms with Gasteiger partial charge in [-0.25, -0.2) is 0 Å². The van der Waals surface area contributed by atoms with Crippen molar-refractivity contribution < 1.29 is 24.7 Å². The molecule has 0 aromatic heterocycles. The van der Waals surface area contributed by atoms with E-state index in [2.05, 4.69) is 26.0 Å². The summed E-state index contributed by atoms with van der Waals surface area (Å²) >= 11 is 1.58. The fourth-order valence-electron chi connectivity index (χ4n) is 0.949. The van der Waals surface area contributed by atoms with Crippen molar-refractivity contribution in [1.82, 2.24) is 0 Å². The van der Waals surface area contributed by atoms with Gasteiger partial charge in [-0.1, -0.05) is 0 Å². The summed E-state index contributed by atoms with van der Waals surface area (Å²) in [6.45, 7) is 4.49. The Morgan fingerprint density at radius 1 is 1.36 bits per heavy atom. The van der Waals surface area contributed by atoms with Crippen molar-refractivity contribution in [3.8, 4) is 0 Å². The van der Waals surface area contributed by atoms with Crippen molar-refractivity contribution in [3.63, 3.8) is 0 Å². The monoisotopic (exact) mass is 269 g/mol. The topological polar surface area (TPSA) is 0 Å². The van der Waals surface area contributed by atoms with Crippen molar-refractivity contribution in [2.75, 3.05) is 0 Å². The predicted octanol–water partition coefficient (Wildman–Crippen LogP) is 3.25. The van der Waals surface area contributed by atoms with Crippen molar-refractivity contribution in [1.29, 1.82) is 0 Å². The second kappa shape index (κ2) is 6.46. The molecule has 0 fully saturated rings. The molecular weight excluding hydrogens is 258 g/mol. The van der Waals surface area contributed by atoms with E-state index < -0.39 is 0 Å². The Labute approximate surface area is 96.2 Å². The Morgan fingerprint density at radius 2 is 1.91 bits per heavy atom. The molecule has 1 rings (SSSR count). The molecule has 0 bridgehead atoms. The summed E-state index contributed by atoms with van der Waals surface area (Å²) < 4.78 is 1.59. The largest absolute Gasteiger partial charge is 0.147 e. The Balaban J connectivity index is 0. The van der Waals surface area contributed by atoms with E-state index in [4.69, 9.17) is 0 Å². The second-order valence-electron chi connectivity index (χ2n) is 2.73. The van der Waals surface area contributed by atoms with E-state index >= 15 is 0 Å². The molecule has 0 radical (unpaired) electrons. The Morgan fingerprint density at radius 3 is 2.09 bits per heavy atom. The van der Waals surface area contributed by atoms with Gasteiger partial charge in [-0.05, 0) is 0 Å². The molecule has 1 aliphatic rings. The standard InChI is InChI=1S/C8H11.2ClH.Zr/c1-7(2)8-5-3-4-6-8;;;/h5-7H,3H2,1-2H3;2*1H;. The van der Waals surface area contributed by atoms with E-state index in [0.717, 1.165) is 5.92 Å². The molecule has 3 heteroatoms. The van der Waals surface area contributed by atoms with Crippen LogP contribution < -0.4 is 0 Å². The summed E-state index contributed by atoms with van der Waals surface area (Å²) in [6, 6.07) is 0. The van der Waals surface area contributed by atoms with Gasteiger partial charge in [0, 0.05) is 0 Å². The fourth-order valence-corrected chi connectivity index (χ4v) is 1.61. The van der Waals surface area contributed by atoms with Crippen LogP contribution in [0, 0.1) is 5.92 Å². The first-order chi connectivity index (χ1) is 4.20. The molecule has 0 heterocycles. The third-order valence-corrected chi connectivity index (χ3v) is 2.42. The van der Waals surface area contributed by atoms with Crippen LogP contribution in [-0.4, -0.2) is 0 Å². The molecule has 0 saturated carbocycles. The molecule has 0 spiro atoms. The molecule has 0 N–H and O–H groups in total. The molecule has 63 valence electrons. The van der Waals surface area contributed by atoms with Crippen molar-refractivity contribution in [3.05, 3.63) is 21.0 Å². The second-order valence-corrected chi connectivity index (χ2v) is 4.31. The molecule has 0 saturated heterocycles. The van der Waals surface area contributed by atoms with Crippen molar-refractivity contribution in [2.24, 2.45) is 5.92 Å². The van der Waals surface area contributed by atoms with Gasteiger partial charge in [0.2, 0.25) is 0 Å². The normalized spacial score (nSPS) is 14.7. The van der Waals surface area contributed by atoms with E-state index in [9.17, 15) is 0 Å². The summed E-state index contributed by atoms with van der Waals surface area (Å²) in [7, 11) is 0. The molecule has 11 heavy (non-hydrogen) atoms. The van der Waals surface area contributed by atoms with E-state index in [1.807, 2.05) is 0 Å². The van der Waals surface area contributed by atoms with Crippen LogP contribution in [0.2, 0.25) is 0 Å². The van der Waals surface area contributed by atoms with Gasteiger partial charge in [-0.15, -0.1) is 24.8 Å². The third-order valence-electron chi connectivity index (χ3n) is 1.57. The SMILES string of the molecule is CC(C)C1=CC[C]([Zr])=C1.Cl.Cl. The molecule has 0 nitrogen and oxygen atoms in total. The van der Waals surface area contributed by atoms with Gasteiger partial charge in [-0.2, -0.15) is 0 Å². The van der Waals surface area contributed by atoms with Gasteiger partial charge in [0.05, 0.1) is 0 Å². The number of hydrogen-bond donors (Lipinski definition) is 0. The van der Waals surface area contributed by atoms with Gasteiger partial charge in [-0.3, -0.25) is 0 Å². The van der Waals surface area contributed by atoms with Crippen LogP contribution in [0.5, 0.6) is 0 Å². The zero-order chi connectivity index (χ0) is 6.85. The Bertz CT molecular complexity index is 171. The molecule has 0 unspecified atom stereocenters. The van der Waals surface area contributed by atoms with Gasteiger partial charge >= 0.3 is 71.9 Å². The minimum absolute atomic E-state index is 0. The summed E-state index contributed by atoms with van der Waals surface area (Å²) in [5, 5.41) is 0. The number of halogens is 2. The maximum Gasteiger partial charge on any atom is -0.147 e. The van der Waals surface area contributed by atoms with Crippen LogP contribution in [0.1, 0.15) is 20.3 Å². The molecule has 1 aliphatic carbocycles. The van der Waals surface area contributed by atoms with Crippen LogP contribution in [0.15, 0.2) is 21.0 Å². The molecule has 0 aromatic rings. The summed E-state index contributed by atoms with van der Waals surface area (Å²) in [4.78, 5) is 0. The average Bonchev–Trinajstić information content (AvgIpc) is 2.14. The van der Waals surface area contributed by atoms with Crippen LogP contribution >= 0.6 is 24.8 Å². The van der Waals surface area contributed by atoms with E-state index in [-0.39, 0.29) is 24.8 Å². The van der Waals surface area contributed by atoms with E-state index in [1.54, 1.807) is 28.0 Å². The summed E-state index contributed by atoms with van der Waals surface area (Å²) in [6.07, 6.45) is 5.89. The first kappa shape index (κ1) is 14.5. The summed E-state index contributed by atoms with van der Waals surface area (Å²) in [5.74, 6) is 0.725. The van der Waals surface area contributed by atoms with Crippen molar-refractivity contribution >= 4 is 24.8 Å². The number of allylic oxidation sites excluding steroid dienone is 4. The first-order valence-corrected chi connectivity index (χ1v) is 4.55. The maximum absolute atomic E-state index is 2.34. The quantitative estimate of drug-likeness (QED) is 0.687. The smallest absolute Gasteiger partial charge is 0.147 e. The maximum atomic E-state index is 2.34. The Kier molecular flexibility index (Phi) is 8.49. The van der Waals surface area contributed by atoms with Crippen LogP contribution in [0.3, 0.4) is 0 Å². The molecule has 0 atom stereocenters. The van der Waals surface area contributed by atoms with Gasteiger partial charge in [0.1, 0.15) is 0 Å². The van der Waals surface area contributed by atoms with E-state index in [1.165, 1.54) is 12.0 Å².